The average molecular weight is 308 g/mol. The van der Waals surface area contributed by atoms with Crippen LogP contribution in [0.3, 0.4) is 0 Å². The van der Waals surface area contributed by atoms with Gasteiger partial charge in [-0.3, -0.25) is 0 Å². The standard InChI is InChI=1S/C16H15ClFNO2/c1-10(6-11-2-4-12(18)5-3-11)19-14-8-16-15(7-13(14)17)20-9-21-16/h2-5,7-8,10,19H,6,9H2,1H3. The van der Waals surface area contributed by atoms with Gasteiger partial charge in [-0.15, -0.1) is 0 Å². The zero-order valence-corrected chi connectivity index (χ0v) is 12.3. The molecule has 0 amide bonds. The zero-order chi connectivity index (χ0) is 14.8. The first-order chi connectivity index (χ1) is 10.1. The van der Waals surface area contributed by atoms with E-state index in [1.165, 1.54) is 12.1 Å². The molecule has 0 saturated carbocycles. The number of hydrogen-bond donors (Lipinski definition) is 1. The second kappa shape index (κ2) is 5.82. The fourth-order valence-electron chi connectivity index (χ4n) is 2.32. The summed E-state index contributed by atoms with van der Waals surface area (Å²) >= 11 is 6.23. The topological polar surface area (TPSA) is 30.5 Å². The fraction of sp³-hybridized carbons (Fsp3) is 0.250. The molecule has 0 radical (unpaired) electrons. The highest BCUT2D eigenvalue weighted by atomic mass is 35.5. The Morgan fingerprint density at radius 3 is 2.57 bits per heavy atom. The summed E-state index contributed by atoms with van der Waals surface area (Å²) in [5.41, 5.74) is 1.86. The van der Waals surface area contributed by atoms with Crippen molar-refractivity contribution in [2.24, 2.45) is 0 Å². The Bertz CT molecular complexity index is 645. The molecule has 0 fully saturated rings. The largest absolute Gasteiger partial charge is 0.454 e. The van der Waals surface area contributed by atoms with E-state index in [1.807, 2.05) is 13.0 Å². The van der Waals surface area contributed by atoms with Crippen LogP contribution in [0, 0.1) is 5.82 Å². The van der Waals surface area contributed by atoms with Crippen molar-refractivity contribution >= 4 is 17.3 Å². The third-order valence-electron chi connectivity index (χ3n) is 3.32. The lowest BCUT2D eigenvalue weighted by Gasteiger charge is -2.17. The number of hydrogen-bond acceptors (Lipinski definition) is 3. The van der Waals surface area contributed by atoms with E-state index in [2.05, 4.69) is 5.32 Å². The van der Waals surface area contributed by atoms with Crippen LogP contribution in [0.15, 0.2) is 36.4 Å². The Labute approximate surface area is 127 Å². The molecule has 110 valence electrons. The first kappa shape index (κ1) is 14.0. The third kappa shape index (κ3) is 3.22. The molecule has 1 unspecified atom stereocenters. The van der Waals surface area contributed by atoms with Gasteiger partial charge in [-0.25, -0.2) is 4.39 Å². The molecule has 5 heteroatoms. The van der Waals surface area contributed by atoms with Crippen molar-refractivity contribution in [3.05, 3.63) is 52.8 Å². The van der Waals surface area contributed by atoms with Gasteiger partial charge < -0.3 is 14.8 Å². The molecule has 3 rings (SSSR count). The van der Waals surface area contributed by atoms with Crippen LogP contribution in [-0.4, -0.2) is 12.8 Å². The van der Waals surface area contributed by atoms with E-state index in [-0.39, 0.29) is 18.7 Å². The summed E-state index contributed by atoms with van der Waals surface area (Å²) in [5, 5.41) is 3.93. The summed E-state index contributed by atoms with van der Waals surface area (Å²) in [6, 6.07) is 10.2. The quantitative estimate of drug-likeness (QED) is 0.916. The summed E-state index contributed by atoms with van der Waals surface area (Å²) in [4.78, 5) is 0. The Balaban J connectivity index is 1.70. The number of anilines is 1. The van der Waals surface area contributed by atoms with Crippen LogP contribution >= 0.6 is 11.6 Å². The van der Waals surface area contributed by atoms with Gasteiger partial charge in [0.05, 0.1) is 10.7 Å². The molecule has 0 spiro atoms. The van der Waals surface area contributed by atoms with Gasteiger partial charge in [0.2, 0.25) is 6.79 Å². The van der Waals surface area contributed by atoms with Gasteiger partial charge >= 0.3 is 0 Å². The van der Waals surface area contributed by atoms with E-state index in [4.69, 9.17) is 21.1 Å². The number of ether oxygens (including phenoxy) is 2. The van der Waals surface area contributed by atoms with Crippen LogP contribution in [-0.2, 0) is 6.42 Å². The molecule has 1 aliphatic heterocycles. The first-order valence-corrected chi connectivity index (χ1v) is 7.10. The maximum atomic E-state index is 12.9. The summed E-state index contributed by atoms with van der Waals surface area (Å²) in [6.07, 6.45) is 0.769. The van der Waals surface area contributed by atoms with Gasteiger partial charge in [0, 0.05) is 18.2 Å². The molecule has 1 N–H and O–H groups in total. The predicted octanol–water partition coefficient (Wildman–Crippen LogP) is 4.25. The van der Waals surface area contributed by atoms with Gasteiger partial charge in [-0.1, -0.05) is 23.7 Å². The Morgan fingerprint density at radius 2 is 1.86 bits per heavy atom. The highest BCUT2D eigenvalue weighted by Gasteiger charge is 2.17. The van der Waals surface area contributed by atoms with E-state index in [9.17, 15) is 4.39 Å². The average Bonchev–Trinajstić information content (AvgIpc) is 2.89. The second-order valence-corrected chi connectivity index (χ2v) is 5.47. The van der Waals surface area contributed by atoms with Crippen molar-refractivity contribution in [1.82, 2.24) is 0 Å². The number of rotatable bonds is 4. The Hall–Kier alpha value is -1.94. The fourth-order valence-corrected chi connectivity index (χ4v) is 2.53. The van der Waals surface area contributed by atoms with Crippen molar-refractivity contribution in [2.45, 2.75) is 19.4 Å². The molecule has 0 saturated heterocycles. The minimum absolute atomic E-state index is 0.147. The smallest absolute Gasteiger partial charge is 0.231 e. The number of benzene rings is 2. The Kier molecular flexibility index (Phi) is 3.88. The zero-order valence-electron chi connectivity index (χ0n) is 11.5. The van der Waals surface area contributed by atoms with Gasteiger partial charge in [-0.05, 0) is 31.0 Å². The maximum absolute atomic E-state index is 12.9. The molecular formula is C16H15ClFNO2. The summed E-state index contributed by atoms with van der Waals surface area (Å²) in [5.74, 6) is 1.13. The highest BCUT2D eigenvalue weighted by molar-refractivity contribution is 6.33. The van der Waals surface area contributed by atoms with Gasteiger partial charge in [0.15, 0.2) is 11.5 Å². The second-order valence-electron chi connectivity index (χ2n) is 5.06. The van der Waals surface area contributed by atoms with E-state index < -0.39 is 0 Å². The molecule has 0 bridgehead atoms. The van der Waals surface area contributed by atoms with Crippen molar-refractivity contribution in [1.29, 1.82) is 0 Å². The molecule has 2 aromatic carbocycles. The maximum Gasteiger partial charge on any atom is 0.231 e. The normalized spacial score (nSPS) is 14.0. The highest BCUT2D eigenvalue weighted by Crippen LogP contribution is 2.39. The molecule has 1 heterocycles. The predicted molar refractivity (Wildman–Crippen MR) is 80.8 cm³/mol. The van der Waals surface area contributed by atoms with Crippen molar-refractivity contribution in [3.8, 4) is 11.5 Å². The minimum atomic E-state index is -0.224. The minimum Gasteiger partial charge on any atom is -0.454 e. The van der Waals surface area contributed by atoms with Gasteiger partial charge in [0.1, 0.15) is 5.82 Å². The van der Waals surface area contributed by atoms with E-state index in [1.54, 1.807) is 18.2 Å². The molecule has 21 heavy (non-hydrogen) atoms. The molecule has 1 aliphatic rings. The first-order valence-electron chi connectivity index (χ1n) is 6.72. The van der Waals surface area contributed by atoms with Crippen molar-refractivity contribution in [2.75, 3.05) is 12.1 Å². The lowest BCUT2D eigenvalue weighted by atomic mass is 10.1. The number of halogens is 2. The van der Waals surface area contributed by atoms with Crippen LogP contribution in [0.5, 0.6) is 11.5 Å². The van der Waals surface area contributed by atoms with Crippen molar-refractivity contribution in [3.63, 3.8) is 0 Å². The molecule has 0 aliphatic carbocycles. The lowest BCUT2D eigenvalue weighted by Crippen LogP contribution is -2.18. The number of nitrogens with one attached hydrogen (secondary N) is 1. The van der Waals surface area contributed by atoms with Crippen LogP contribution < -0.4 is 14.8 Å². The summed E-state index contributed by atoms with van der Waals surface area (Å²) in [6.45, 7) is 2.27. The molecule has 0 aromatic heterocycles. The van der Waals surface area contributed by atoms with Crippen LogP contribution in [0.2, 0.25) is 5.02 Å². The Morgan fingerprint density at radius 1 is 1.19 bits per heavy atom. The molecular weight excluding hydrogens is 293 g/mol. The van der Waals surface area contributed by atoms with E-state index >= 15 is 0 Å². The molecule has 2 aromatic rings. The monoisotopic (exact) mass is 307 g/mol. The van der Waals surface area contributed by atoms with Crippen LogP contribution in [0.25, 0.3) is 0 Å². The summed E-state index contributed by atoms with van der Waals surface area (Å²) in [7, 11) is 0. The molecule has 1 atom stereocenters. The van der Waals surface area contributed by atoms with E-state index in [0.29, 0.717) is 16.5 Å². The third-order valence-corrected chi connectivity index (χ3v) is 3.63. The van der Waals surface area contributed by atoms with Crippen molar-refractivity contribution < 1.29 is 13.9 Å². The lowest BCUT2D eigenvalue weighted by molar-refractivity contribution is 0.174. The van der Waals surface area contributed by atoms with Crippen LogP contribution in [0.4, 0.5) is 10.1 Å². The molecule has 3 nitrogen and oxygen atoms in total. The SMILES string of the molecule is CC(Cc1ccc(F)cc1)Nc1cc2c(cc1Cl)OCO2. The van der Waals surface area contributed by atoms with Gasteiger partial charge in [0.25, 0.3) is 0 Å². The number of fused-ring (bicyclic) bond motifs is 1. The van der Waals surface area contributed by atoms with E-state index in [0.717, 1.165) is 17.7 Å². The van der Waals surface area contributed by atoms with Gasteiger partial charge in [-0.2, -0.15) is 0 Å². The van der Waals surface area contributed by atoms with Crippen LogP contribution in [0.1, 0.15) is 12.5 Å². The summed E-state index contributed by atoms with van der Waals surface area (Å²) < 4.78 is 23.5.